The third kappa shape index (κ3) is 3.31. The van der Waals surface area contributed by atoms with Crippen LogP contribution >= 0.6 is 11.8 Å². The van der Waals surface area contributed by atoms with Crippen molar-refractivity contribution in [3.8, 4) is 22.5 Å². The zero-order chi connectivity index (χ0) is 17.1. The zero-order valence-electron chi connectivity index (χ0n) is 12.2. The Balaban J connectivity index is 2.28. The molecule has 0 radical (unpaired) electrons. The Bertz CT molecular complexity index is 804. The molecule has 0 saturated heterocycles. The van der Waals surface area contributed by atoms with Gasteiger partial charge >= 0.3 is 6.55 Å². The van der Waals surface area contributed by atoms with Gasteiger partial charge in [-0.05, 0) is 11.8 Å². The van der Waals surface area contributed by atoms with Crippen LogP contribution in [0.3, 0.4) is 0 Å². The molecule has 1 aromatic heterocycles. The van der Waals surface area contributed by atoms with Crippen LogP contribution in [0.5, 0.6) is 0 Å². The number of imidazole rings is 1. The van der Waals surface area contributed by atoms with Crippen molar-refractivity contribution in [3.05, 3.63) is 60.7 Å². The second-order valence-corrected chi connectivity index (χ2v) is 5.81. The molecule has 3 aromatic rings. The third-order valence-corrected chi connectivity index (χ3v) is 4.04. The Hall–Kier alpha value is -2.28. The summed E-state index contributed by atoms with van der Waals surface area (Å²) >= 11 is 0.0162. The average Bonchev–Trinajstić information content (AvgIpc) is 2.95. The lowest BCUT2D eigenvalue weighted by molar-refractivity contribution is 0.0626. The minimum Gasteiger partial charge on any atom is -0.260 e. The Kier molecular flexibility index (Phi) is 4.89. The van der Waals surface area contributed by atoms with Crippen molar-refractivity contribution in [3.63, 3.8) is 0 Å². The molecule has 3 rings (SSSR count). The van der Waals surface area contributed by atoms with Crippen LogP contribution in [0.25, 0.3) is 22.5 Å². The molecule has 0 N–H and O–H groups in total. The van der Waals surface area contributed by atoms with Crippen LogP contribution in [0.15, 0.2) is 65.8 Å². The van der Waals surface area contributed by atoms with Crippen LogP contribution in [0.1, 0.15) is 6.55 Å². The molecule has 7 heteroatoms. The number of hydrogen-bond donors (Lipinski definition) is 0. The summed E-state index contributed by atoms with van der Waals surface area (Å²) in [6.07, 6.45) is 0. The van der Waals surface area contributed by atoms with E-state index >= 15 is 0 Å². The fourth-order valence-corrected chi connectivity index (χ4v) is 3.01. The molecule has 0 atom stereocenters. The highest BCUT2D eigenvalue weighted by molar-refractivity contribution is 7.99. The molecular weight excluding hydrogens is 340 g/mol. The van der Waals surface area contributed by atoms with Crippen LogP contribution in [0.2, 0.25) is 0 Å². The summed E-state index contributed by atoms with van der Waals surface area (Å²) in [5.74, 6) is -2.84. The van der Waals surface area contributed by atoms with Gasteiger partial charge in [-0.25, -0.2) is 4.98 Å². The average molecular weight is 352 g/mol. The van der Waals surface area contributed by atoms with Gasteiger partial charge in [-0.2, -0.15) is 17.6 Å². The van der Waals surface area contributed by atoms with Gasteiger partial charge in [-0.15, -0.1) is 0 Å². The highest BCUT2D eigenvalue weighted by atomic mass is 32.2. The predicted molar refractivity (Wildman–Crippen MR) is 86.2 cm³/mol. The maximum absolute atomic E-state index is 13.6. The van der Waals surface area contributed by atoms with Gasteiger partial charge < -0.3 is 0 Å². The molecule has 0 bridgehead atoms. The monoisotopic (exact) mass is 352 g/mol. The first kappa shape index (κ1) is 16.6. The van der Waals surface area contributed by atoms with Crippen molar-refractivity contribution in [2.75, 3.05) is 0 Å². The second kappa shape index (κ2) is 7.09. The quantitative estimate of drug-likeness (QED) is 0.418. The number of aromatic nitrogens is 2. The smallest absolute Gasteiger partial charge is 0.260 e. The standard InChI is InChI=1S/C17H12F4N2S/c18-15(19)23-14(12-9-5-2-6-10-12)13(11-7-3-1-4-8-11)22-17(23)24-16(20)21/h1-10,15-16H. The summed E-state index contributed by atoms with van der Waals surface area (Å²) in [5.41, 5.74) is 1.46. The number of hydrogen-bond acceptors (Lipinski definition) is 2. The molecule has 0 unspecified atom stereocenters. The van der Waals surface area contributed by atoms with Crippen molar-refractivity contribution < 1.29 is 17.6 Å². The first-order valence-corrected chi connectivity index (χ1v) is 7.92. The maximum Gasteiger partial charge on any atom is 0.321 e. The number of thioether (sulfide) groups is 1. The fourth-order valence-electron chi connectivity index (χ4n) is 2.43. The molecule has 0 aliphatic carbocycles. The molecule has 0 saturated carbocycles. The van der Waals surface area contributed by atoms with Crippen molar-refractivity contribution in [2.45, 2.75) is 17.5 Å². The zero-order valence-corrected chi connectivity index (χ0v) is 13.1. The highest BCUT2D eigenvalue weighted by Crippen LogP contribution is 2.40. The van der Waals surface area contributed by atoms with Gasteiger partial charge in [0.15, 0.2) is 5.16 Å². The molecule has 0 amide bonds. The lowest BCUT2D eigenvalue weighted by atomic mass is 10.0. The second-order valence-electron chi connectivity index (χ2n) is 4.85. The predicted octanol–water partition coefficient (Wildman–Crippen LogP) is 5.93. The summed E-state index contributed by atoms with van der Waals surface area (Å²) in [6, 6.07) is 17.1. The van der Waals surface area contributed by atoms with Crippen molar-refractivity contribution in [2.24, 2.45) is 0 Å². The summed E-state index contributed by atoms with van der Waals surface area (Å²) in [4.78, 5) is 4.08. The first-order valence-electron chi connectivity index (χ1n) is 7.04. The number of rotatable bonds is 5. The van der Waals surface area contributed by atoms with E-state index in [2.05, 4.69) is 4.98 Å². The van der Waals surface area contributed by atoms with Gasteiger partial charge in [0.25, 0.3) is 5.76 Å². The van der Waals surface area contributed by atoms with Gasteiger partial charge in [-0.1, -0.05) is 60.7 Å². The Morgan fingerprint density at radius 1 is 0.792 bits per heavy atom. The minimum absolute atomic E-state index is 0.0162. The largest absolute Gasteiger partial charge is 0.321 e. The van der Waals surface area contributed by atoms with Crippen LogP contribution in [-0.2, 0) is 0 Å². The van der Waals surface area contributed by atoms with E-state index in [-0.39, 0.29) is 23.1 Å². The molecular formula is C17H12F4N2S. The Morgan fingerprint density at radius 2 is 1.33 bits per heavy atom. The Labute approximate surface area is 140 Å². The van der Waals surface area contributed by atoms with Gasteiger partial charge in [0, 0.05) is 11.1 Å². The molecule has 0 fully saturated rings. The van der Waals surface area contributed by atoms with E-state index in [9.17, 15) is 17.6 Å². The molecule has 124 valence electrons. The van der Waals surface area contributed by atoms with Crippen LogP contribution < -0.4 is 0 Å². The topological polar surface area (TPSA) is 17.8 Å². The number of halogens is 4. The molecule has 2 nitrogen and oxygen atoms in total. The van der Waals surface area contributed by atoms with E-state index in [1.807, 2.05) is 0 Å². The van der Waals surface area contributed by atoms with Crippen LogP contribution in [0, 0.1) is 0 Å². The Morgan fingerprint density at radius 3 is 1.83 bits per heavy atom. The normalized spacial score (nSPS) is 11.4. The molecule has 2 aromatic carbocycles. The number of alkyl halides is 4. The van der Waals surface area contributed by atoms with E-state index in [0.29, 0.717) is 15.7 Å². The summed E-state index contributed by atoms with van der Waals surface area (Å²) < 4.78 is 53.3. The summed E-state index contributed by atoms with van der Waals surface area (Å²) in [6.45, 7) is -2.98. The van der Waals surface area contributed by atoms with Crippen molar-refractivity contribution >= 4 is 11.8 Å². The lowest BCUT2D eigenvalue weighted by Crippen LogP contribution is -2.03. The van der Waals surface area contributed by atoms with E-state index in [1.54, 1.807) is 60.7 Å². The molecule has 0 aliphatic rings. The minimum atomic E-state index is -2.98. The highest BCUT2D eigenvalue weighted by Gasteiger charge is 2.26. The van der Waals surface area contributed by atoms with E-state index in [0.717, 1.165) is 0 Å². The van der Waals surface area contributed by atoms with Gasteiger partial charge in [0.2, 0.25) is 0 Å². The fraction of sp³-hybridized carbons (Fsp3) is 0.118. The number of benzene rings is 2. The SMILES string of the molecule is FC(F)Sc1nc(-c2ccccc2)c(-c2ccccc2)n1C(F)F. The maximum atomic E-state index is 13.6. The summed E-state index contributed by atoms with van der Waals surface area (Å²) in [5, 5.41) is -0.405. The number of nitrogens with zero attached hydrogens (tertiary/aromatic N) is 2. The van der Waals surface area contributed by atoms with E-state index in [4.69, 9.17) is 0 Å². The molecule has 0 aliphatic heterocycles. The van der Waals surface area contributed by atoms with Gasteiger partial charge in [0.1, 0.15) is 0 Å². The first-order chi connectivity index (χ1) is 11.6. The van der Waals surface area contributed by atoms with E-state index < -0.39 is 17.5 Å². The lowest BCUT2D eigenvalue weighted by Gasteiger charge is -2.11. The molecule has 24 heavy (non-hydrogen) atoms. The van der Waals surface area contributed by atoms with E-state index in [1.165, 1.54) is 0 Å². The van der Waals surface area contributed by atoms with Gasteiger partial charge in [-0.3, -0.25) is 4.57 Å². The molecule has 0 spiro atoms. The van der Waals surface area contributed by atoms with Crippen LogP contribution in [0.4, 0.5) is 17.6 Å². The molecule has 1 heterocycles. The van der Waals surface area contributed by atoms with Crippen LogP contribution in [-0.4, -0.2) is 15.3 Å². The summed E-state index contributed by atoms with van der Waals surface area (Å²) in [7, 11) is 0. The van der Waals surface area contributed by atoms with Crippen molar-refractivity contribution in [1.29, 1.82) is 0 Å². The third-order valence-electron chi connectivity index (χ3n) is 3.36. The van der Waals surface area contributed by atoms with Crippen molar-refractivity contribution in [1.82, 2.24) is 9.55 Å². The van der Waals surface area contributed by atoms with Gasteiger partial charge in [0.05, 0.1) is 11.4 Å².